The van der Waals surface area contributed by atoms with E-state index in [-0.39, 0.29) is 23.9 Å². The second-order valence-corrected chi connectivity index (χ2v) is 13.3. The van der Waals surface area contributed by atoms with Crippen LogP contribution in [-0.4, -0.2) is 59.2 Å². The molecule has 2 N–H and O–H groups in total. The quantitative estimate of drug-likeness (QED) is 0.418. The standard InChI is InChI=1S/C27H42O5S/c1-25-8-5-20(33-14-13-31-12-11-28)16-19(25)3-4-23-22(25)6-9-26(2)21(7-10-27(23,26)30)18-15-24(29)32-17-18/h15,19-23,28,30H,3-14,16-17H2,1-2H3/t19-,20?,21-,22+,23-,25+,26-,27+/m1/s1. The van der Waals surface area contributed by atoms with Crippen LogP contribution in [0.1, 0.15) is 71.6 Å². The molecule has 1 unspecified atom stereocenters. The van der Waals surface area contributed by atoms with Crippen LogP contribution < -0.4 is 0 Å². The van der Waals surface area contributed by atoms with Crippen molar-refractivity contribution in [1.29, 1.82) is 0 Å². The van der Waals surface area contributed by atoms with Crippen LogP contribution in [0.4, 0.5) is 0 Å². The molecule has 5 rings (SSSR count). The van der Waals surface area contributed by atoms with E-state index in [1.807, 2.05) is 0 Å². The monoisotopic (exact) mass is 478 g/mol. The van der Waals surface area contributed by atoms with E-state index in [0.29, 0.717) is 30.5 Å². The smallest absolute Gasteiger partial charge is 0.331 e. The van der Waals surface area contributed by atoms with Crippen LogP contribution >= 0.6 is 11.8 Å². The first-order chi connectivity index (χ1) is 15.8. The maximum Gasteiger partial charge on any atom is 0.331 e. The highest BCUT2D eigenvalue weighted by molar-refractivity contribution is 7.99. The Kier molecular flexibility index (Phi) is 6.69. The molecule has 0 aromatic heterocycles. The Bertz CT molecular complexity index is 784. The third-order valence-corrected chi connectivity index (χ3v) is 12.1. The zero-order valence-corrected chi connectivity index (χ0v) is 21.2. The Morgan fingerprint density at radius 3 is 2.70 bits per heavy atom. The van der Waals surface area contributed by atoms with E-state index >= 15 is 0 Å². The van der Waals surface area contributed by atoms with Gasteiger partial charge in [0.05, 0.1) is 25.4 Å². The van der Waals surface area contributed by atoms with E-state index in [9.17, 15) is 9.90 Å². The number of esters is 1. The van der Waals surface area contributed by atoms with Crippen LogP contribution in [0.15, 0.2) is 11.6 Å². The summed E-state index contributed by atoms with van der Waals surface area (Å²) in [7, 11) is 0. The minimum absolute atomic E-state index is 0.104. The average molecular weight is 479 g/mol. The Morgan fingerprint density at radius 1 is 1.09 bits per heavy atom. The fraction of sp³-hybridized carbons (Fsp3) is 0.889. The fourth-order valence-corrected chi connectivity index (χ4v) is 10.2. The summed E-state index contributed by atoms with van der Waals surface area (Å²) in [6, 6.07) is 0. The maximum atomic E-state index is 12.3. The van der Waals surface area contributed by atoms with Crippen molar-refractivity contribution in [3.8, 4) is 0 Å². The third kappa shape index (κ3) is 3.91. The van der Waals surface area contributed by atoms with Crippen molar-refractivity contribution < 1.29 is 24.5 Å². The highest BCUT2D eigenvalue weighted by atomic mass is 32.2. The molecule has 8 atom stereocenters. The molecule has 1 aliphatic heterocycles. The molecule has 4 fully saturated rings. The van der Waals surface area contributed by atoms with Crippen molar-refractivity contribution in [2.75, 3.05) is 32.2 Å². The molecule has 1 heterocycles. The molecule has 0 spiro atoms. The van der Waals surface area contributed by atoms with Crippen LogP contribution in [0.25, 0.3) is 0 Å². The number of cyclic esters (lactones) is 1. The van der Waals surface area contributed by atoms with Gasteiger partial charge in [-0.25, -0.2) is 4.79 Å². The van der Waals surface area contributed by atoms with Gasteiger partial charge in [0.25, 0.3) is 0 Å². The van der Waals surface area contributed by atoms with Gasteiger partial charge in [0.2, 0.25) is 0 Å². The minimum atomic E-state index is -0.614. The molecule has 0 saturated heterocycles. The van der Waals surface area contributed by atoms with Gasteiger partial charge in [-0.1, -0.05) is 13.8 Å². The van der Waals surface area contributed by atoms with Gasteiger partial charge in [-0.2, -0.15) is 11.8 Å². The summed E-state index contributed by atoms with van der Waals surface area (Å²) >= 11 is 2.06. The van der Waals surface area contributed by atoms with Gasteiger partial charge in [0.15, 0.2) is 0 Å². The van der Waals surface area contributed by atoms with Crippen LogP contribution in [0, 0.1) is 34.5 Å². The van der Waals surface area contributed by atoms with Crippen molar-refractivity contribution in [1.82, 2.24) is 0 Å². The lowest BCUT2D eigenvalue weighted by atomic mass is 9.43. The van der Waals surface area contributed by atoms with Crippen LogP contribution in [0.2, 0.25) is 0 Å². The third-order valence-electron chi connectivity index (χ3n) is 10.8. The summed E-state index contributed by atoms with van der Waals surface area (Å²) in [6.45, 7) is 6.56. The van der Waals surface area contributed by atoms with Gasteiger partial charge in [0, 0.05) is 22.5 Å². The van der Waals surface area contributed by atoms with Crippen LogP contribution in [0.3, 0.4) is 0 Å². The number of ether oxygens (including phenoxy) is 2. The van der Waals surface area contributed by atoms with Crippen molar-refractivity contribution in [3.63, 3.8) is 0 Å². The summed E-state index contributed by atoms with van der Waals surface area (Å²) in [5, 5.41) is 21.9. The lowest BCUT2D eigenvalue weighted by Crippen LogP contribution is -2.62. The SMILES string of the molecule is C[C@]12CCC(SCCOCCO)C[C@H]1CC[C@@H]1[C@@H]2CC[C@]2(C)[C@@H](C3=CC(=O)OC3)CC[C@]12O. The summed E-state index contributed by atoms with van der Waals surface area (Å²) in [4.78, 5) is 11.7. The summed E-state index contributed by atoms with van der Waals surface area (Å²) in [5.74, 6) is 2.85. The highest BCUT2D eigenvalue weighted by Crippen LogP contribution is 2.70. The summed E-state index contributed by atoms with van der Waals surface area (Å²) in [6.07, 6.45) is 12.1. The van der Waals surface area contributed by atoms with Crippen LogP contribution in [-0.2, 0) is 14.3 Å². The second kappa shape index (κ2) is 9.15. The Hall–Kier alpha value is -0.560. The molecular weight excluding hydrogens is 436 g/mol. The highest BCUT2D eigenvalue weighted by Gasteiger charge is 2.67. The van der Waals surface area contributed by atoms with Crippen molar-refractivity contribution in [3.05, 3.63) is 11.6 Å². The van der Waals surface area contributed by atoms with Gasteiger partial charge in [-0.05, 0) is 92.4 Å². The first kappa shape index (κ1) is 24.1. The first-order valence-corrected chi connectivity index (χ1v) is 14.3. The number of thioether (sulfide) groups is 1. The Morgan fingerprint density at radius 2 is 1.94 bits per heavy atom. The molecule has 0 amide bonds. The normalized spacial score (nSPS) is 46.8. The summed E-state index contributed by atoms with van der Waals surface area (Å²) < 4.78 is 10.7. The minimum Gasteiger partial charge on any atom is -0.458 e. The van der Waals surface area contributed by atoms with E-state index in [1.54, 1.807) is 6.08 Å². The zero-order chi connectivity index (χ0) is 23.3. The first-order valence-electron chi connectivity index (χ1n) is 13.2. The molecule has 33 heavy (non-hydrogen) atoms. The molecule has 5 nitrogen and oxygen atoms in total. The number of aliphatic hydroxyl groups excluding tert-OH is 1. The largest absolute Gasteiger partial charge is 0.458 e. The van der Waals surface area contributed by atoms with E-state index in [4.69, 9.17) is 14.6 Å². The number of carbonyl (C=O) groups is 1. The average Bonchev–Trinajstić information content (AvgIpc) is 3.33. The van der Waals surface area contributed by atoms with Gasteiger partial charge in [-0.15, -0.1) is 0 Å². The number of hydrogen-bond donors (Lipinski definition) is 2. The van der Waals surface area contributed by atoms with E-state index in [1.165, 1.54) is 32.1 Å². The summed E-state index contributed by atoms with van der Waals surface area (Å²) in [5.41, 5.74) is 0.709. The molecule has 0 aromatic carbocycles. The van der Waals surface area contributed by atoms with Crippen LogP contribution in [0.5, 0.6) is 0 Å². The molecule has 6 heteroatoms. The lowest BCUT2D eigenvalue weighted by molar-refractivity contribution is -0.203. The number of rotatable bonds is 7. The van der Waals surface area contributed by atoms with Gasteiger partial charge in [0.1, 0.15) is 6.61 Å². The Labute approximate surface area is 203 Å². The molecule has 4 saturated carbocycles. The molecule has 0 aromatic rings. The number of hydrogen-bond acceptors (Lipinski definition) is 6. The van der Waals surface area contributed by atoms with Gasteiger partial charge in [-0.3, -0.25) is 0 Å². The molecule has 5 aliphatic rings. The van der Waals surface area contributed by atoms with Crippen molar-refractivity contribution >= 4 is 17.7 Å². The maximum absolute atomic E-state index is 12.3. The molecule has 4 aliphatic carbocycles. The van der Waals surface area contributed by atoms with E-state index < -0.39 is 5.60 Å². The van der Waals surface area contributed by atoms with E-state index in [2.05, 4.69) is 25.6 Å². The molecule has 0 radical (unpaired) electrons. The fourth-order valence-electron chi connectivity index (χ4n) is 8.96. The number of carbonyl (C=O) groups excluding carboxylic acids is 1. The van der Waals surface area contributed by atoms with Gasteiger partial charge < -0.3 is 19.7 Å². The van der Waals surface area contributed by atoms with E-state index in [0.717, 1.165) is 54.8 Å². The molecule has 0 bridgehead atoms. The Balaban J connectivity index is 1.27. The van der Waals surface area contributed by atoms with Gasteiger partial charge >= 0.3 is 5.97 Å². The number of aliphatic hydroxyl groups is 2. The zero-order valence-electron chi connectivity index (χ0n) is 20.4. The lowest BCUT2D eigenvalue weighted by Gasteiger charge is -2.64. The van der Waals surface area contributed by atoms with Crippen molar-refractivity contribution in [2.45, 2.75) is 82.5 Å². The molecular formula is C27H42O5S. The second-order valence-electron chi connectivity index (χ2n) is 11.9. The van der Waals surface area contributed by atoms with Crippen molar-refractivity contribution in [2.24, 2.45) is 34.5 Å². The molecule has 186 valence electrons. The topological polar surface area (TPSA) is 76.0 Å². The predicted octanol–water partition coefficient (Wildman–Crippen LogP) is 4.35. The predicted molar refractivity (Wildman–Crippen MR) is 130 cm³/mol. The number of fused-ring (bicyclic) bond motifs is 5.